The molecule has 4 heterocycles. The minimum absolute atomic E-state index is 0.0142. The molecular weight excluding hydrogens is 384 g/mol. The number of carbonyl (C=O) groups excluding carboxylic acids is 2. The average Bonchev–Trinajstić information content (AvgIpc) is 3.15. The Kier molecular flexibility index (Phi) is 5.99. The van der Waals surface area contributed by atoms with Gasteiger partial charge in [-0.1, -0.05) is 13.8 Å². The van der Waals surface area contributed by atoms with Crippen LogP contribution in [0.4, 0.5) is 0 Å². The Morgan fingerprint density at radius 3 is 2.72 bits per heavy atom. The molecule has 2 fully saturated rings. The Morgan fingerprint density at radius 1 is 1.17 bits per heavy atom. The minimum atomic E-state index is -0.200. The Hall–Kier alpha value is -1.83. The van der Waals surface area contributed by atoms with Crippen molar-refractivity contribution >= 4 is 33.2 Å². The van der Waals surface area contributed by atoms with E-state index in [0.29, 0.717) is 19.4 Å². The van der Waals surface area contributed by atoms with Gasteiger partial charge >= 0.3 is 0 Å². The molecule has 1 N–H and O–H groups in total. The van der Waals surface area contributed by atoms with Crippen molar-refractivity contribution in [3.05, 3.63) is 29.4 Å². The highest BCUT2D eigenvalue weighted by atomic mass is 32.1. The maximum Gasteiger partial charge on any atom is 0.229 e. The number of nitrogens with zero attached hydrogens (tertiary/aromatic N) is 3. The van der Waals surface area contributed by atoms with E-state index in [1.165, 1.54) is 15.0 Å². The number of piperidine rings is 1. The third-order valence-electron chi connectivity index (χ3n) is 6.02. The molecule has 0 aliphatic carbocycles. The summed E-state index contributed by atoms with van der Waals surface area (Å²) in [5.74, 6) is -0.0285. The van der Waals surface area contributed by atoms with E-state index in [4.69, 9.17) is 4.98 Å². The van der Waals surface area contributed by atoms with E-state index < -0.39 is 0 Å². The molecule has 156 valence electrons. The van der Waals surface area contributed by atoms with Crippen LogP contribution in [-0.4, -0.2) is 59.3 Å². The van der Waals surface area contributed by atoms with Crippen LogP contribution in [0.2, 0.25) is 0 Å². The summed E-state index contributed by atoms with van der Waals surface area (Å²) in [6.07, 6.45) is 4.67. The van der Waals surface area contributed by atoms with E-state index in [0.717, 1.165) is 44.7 Å². The highest BCUT2D eigenvalue weighted by molar-refractivity contribution is 7.17. The summed E-state index contributed by atoms with van der Waals surface area (Å²) in [6, 6.07) is 4.52. The normalized spacial score (nSPS) is 23.1. The van der Waals surface area contributed by atoms with Crippen molar-refractivity contribution in [2.24, 2.45) is 5.41 Å². The number of unbranched alkanes of at least 4 members (excludes halogenated alkanes) is 1. The lowest BCUT2D eigenvalue weighted by molar-refractivity contribution is -0.152. The number of fused-ring (bicyclic) bond motifs is 1. The average molecular weight is 415 g/mol. The van der Waals surface area contributed by atoms with Crippen LogP contribution < -0.4 is 5.32 Å². The Balaban J connectivity index is 1.34. The predicted octanol–water partition coefficient (Wildman–Crippen LogP) is 3.20. The van der Waals surface area contributed by atoms with E-state index in [1.807, 2.05) is 20.0 Å². The van der Waals surface area contributed by atoms with Crippen molar-refractivity contribution in [1.82, 2.24) is 20.1 Å². The smallest absolute Gasteiger partial charge is 0.229 e. The first-order chi connectivity index (χ1) is 13.9. The lowest BCUT2D eigenvalue weighted by Crippen LogP contribution is -2.47. The van der Waals surface area contributed by atoms with Crippen LogP contribution in [0.3, 0.4) is 0 Å². The molecule has 4 rings (SSSR count). The second kappa shape index (κ2) is 8.50. The number of rotatable bonds is 6. The molecule has 6 nitrogen and oxygen atoms in total. The van der Waals surface area contributed by atoms with Crippen LogP contribution in [0.1, 0.15) is 51.3 Å². The number of hydrogen-bond donors (Lipinski definition) is 1. The second-order valence-electron chi connectivity index (χ2n) is 8.95. The summed E-state index contributed by atoms with van der Waals surface area (Å²) in [4.78, 5) is 33.4. The van der Waals surface area contributed by atoms with Gasteiger partial charge < -0.3 is 5.32 Å². The fourth-order valence-corrected chi connectivity index (χ4v) is 5.30. The van der Waals surface area contributed by atoms with Crippen LogP contribution in [0.25, 0.3) is 10.1 Å². The third kappa shape index (κ3) is 4.52. The molecule has 2 amide bonds. The van der Waals surface area contributed by atoms with Crippen LogP contribution in [0.15, 0.2) is 23.7 Å². The van der Waals surface area contributed by atoms with Crippen molar-refractivity contribution in [1.29, 1.82) is 0 Å². The first-order valence-corrected chi connectivity index (χ1v) is 11.4. The van der Waals surface area contributed by atoms with Gasteiger partial charge in [-0.2, -0.15) is 0 Å². The van der Waals surface area contributed by atoms with Crippen molar-refractivity contribution in [3.63, 3.8) is 0 Å². The van der Waals surface area contributed by atoms with E-state index in [9.17, 15) is 9.59 Å². The molecule has 2 aromatic rings. The third-order valence-corrected chi connectivity index (χ3v) is 6.90. The number of amides is 2. The number of thiophene rings is 1. The Morgan fingerprint density at radius 2 is 1.93 bits per heavy atom. The van der Waals surface area contributed by atoms with Gasteiger partial charge in [0.1, 0.15) is 0 Å². The topological polar surface area (TPSA) is 65.5 Å². The quantitative estimate of drug-likeness (QED) is 0.581. The molecule has 29 heavy (non-hydrogen) atoms. The zero-order valence-electron chi connectivity index (χ0n) is 17.3. The molecule has 0 bridgehead atoms. The van der Waals surface area contributed by atoms with Gasteiger partial charge in [-0.3, -0.25) is 24.4 Å². The number of imide groups is 1. The SMILES string of the molecule is CC1(C)CC(=O)N(CCCCN2CCNCC2c2nccc3sccc23)C(=O)C1. The number of likely N-dealkylation sites (tertiary alicyclic amines) is 1. The van der Waals surface area contributed by atoms with Gasteiger partial charge in [-0.05, 0) is 42.3 Å². The summed E-state index contributed by atoms with van der Waals surface area (Å²) < 4.78 is 1.28. The number of hydrogen-bond acceptors (Lipinski definition) is 6. The van der Waals surface area contributed by atoms with Crippen LogP contribution in [0.5, 0.6) is 0 Å². The standard InChI is InChI=1S/C22H30N4O2S/c1-22(2)13-19(27)26(20(28)14-22)10-4-3-9-25-11-8-23-15-17(25)21-16-6-12-29-18(16)5-7-24-21/h5-7,12,17,23H,3-4,8-11,13-15H2,1-2H3. The molecule has 1 atom stereocenters. The summed E-state index contributed by atoms with van der Waals surface area (Å²) in [5.41, 5.74) is 0.952. The van der Waals surface area contributed by atoms with Gasteiger partial charge in [0, 0.05) is 55.3 Å². The summed E-state index contributed by atoms with van der Waals surface area (Å²) in [5, 5.41) is 6.89. The van der Waals surface area contributed by atoms with Gasteiger partial charge in [-0.25, -0.2) is 0 Å². The lowest BCUT2D eigenvalue weighted by atomic mass is 9.82. The van der Waals surface area contributed by atoms with Crippen LogP contribution in [-0.2, 0) is 9.59 Å². The molecule has 0 aromatic carbocycles. The van der Waals surface area contributed by atoms with Crippen molar-refractivity contribution in [2.75, 3.05) is 32.7 Å². The van der Waals surface area contributed by atoms with Crippen LogP contribution >= 0.6 is 11.3 Å². The molecule has 2 aliphatic heterocycles. The van der Waals surface area contributed by atoms with Gasteiger partial charge in [0.15, 0.2) is 0 Å². The number of pyridine rings is 1. The fourth-order valence-electron chi connectivity index (χ4n) is 4.51. The number of aromatic nitrogens is 1. The fraction of sp³-hybridized carbons (Fsp3) is 0.591. The highest BCUT2D eigenvalue weighted by Crippen LogP contribution is 2.32. The molecule has 0 spiro atoms. The molecule has 0 radical (unpaired) electrons. The minimum Gasteiger partial charge on any atom is -0.313 e. The summed E-state index contributed by atoms with van der Waals surface area (Å²) >= 11 is 1.76. The van der Waals surface area contributed by atoms with E-state index >= 15 is 0 Å². The van der Waals surface area contributed by atoms with Gasteiger partial charge in [0.05, 0.1) is 11.7 Å². The number of nitrogens with one attached hydrogen (secondary N) is 1. The zero-order chi connectivity index (χ0) is 20.4. The Bertz CT molecular complexity index is 874. The molecule has 2 saturated heterocycles. The predicted molar refractivity (Wildman–Crippen MR) is 116 cm³/mol. The zero-order valence-corrected chi connectivity index (χ0v) is 18.1. The Labute approximate surface area is 176 Å². The van der Waals surface area contributed by atoms with Crippen molar-refractivity contribution in [2.45, 2.75) is 45.6 Å². The van der Waals surface area contributed by atoms with E-state index in [2.05, 4.69) is 27.7 Å². The maximum atomic E-state index is 12.3. The highest BCUT2D eigenvalue weighted by Gasteiger charge is 2.37. The molecular formula is C22H30N4O2S. The second-order valence-corrected chi connectivity index (χ2v) is 9.90. The van der Waals surface area contributed by atoms with Gasteiger partial charge in [0.25, 0.3) is 0 Å². The molecule has 0 saturated carbocycles. The number of carbonyl (C=O) groups is 2. The monoisotopic (exact) mass is 414 g/mol. The van der Waals surface area contributed by atoms with Crippen molar-refractivity contribution < 1.29 is 9.59 Å². The summed E-state index contributed by atoms with van der Waals surface area (Å²) in [7, 11) is 0. The van der Waals surface area contributed by atoms with Crippen molar-refractivity contribution in [3.8, 4) is 0 Å². The maximum absolute atomic E-state index is 12.3. The largest absolute Gasteiger partial charge is 0.313 e. The van der Waals surface area contributed by atoms with Gasteiger partial charge in [0.2, 0.25) is 11.8 Å². The molecule has 7 heteroatoms. The first-order valence-electron chi connectivity index (χ1n) is 10.5. The molecule has 1 unspecified atom stereocenters. The first kappa shape index (κ1) is 20.4. The van der Waals surface area contributed by atoms with Gasteiger partial charge in [-0.15, -0.1) is 11.3 Å². The lowest BCUT2D eigenvalue weighted by Gasteiger charge is -2.37. The van der Waals surface area contributed by atoms with E-state index in [1.54, 1.807) is 11.3 Å². The van der Waals surface area contributed by atoms with E-state index in [-0.39, 0.29) is 23.3 Å². The molecule has 2 aliphatic rings. The molecule has 2 aromatic heterocycles. The number of piperazine rings is 1. The van der Waals surface area contributed by atoms with Crippen LogP contribution in [0, 0.1) is 5.41 Å². The summed E-state index contributed by atoms with van der Waals surface area (Å²) in [6.45, 7) is 8.36.